The Balaban J connectivity index is 2.57. The molecule has 0 atom stereocenters. The molecule has 4 nitrogen and oxygen atoms in total. The Morgan fingerprint density at radius 3 is 2.86 bits per heavy atom. The van der Waals surface area contributed by atoms with Crippen LogP contribution in [0.15, 0.2) is 29.2 Å². The van der Waals surface area contributed by atoms with Gasteiger partial charge in [0, 0.05) is 6.20 Å². The van der Waals surface area contributed by atoms with Gasteiger partial charge in [-0.25, -0.2) is 18.3 Å². The predicted octanol–water partition coefficient (Wildman–Crippen LogP) is 0.761. The van der Waals surface area contributed by atoms with Crippen molar-refractivity contribution in [2.75, 3.05) is 0 Å². The van der Waals surface area contributed by atoms with E-state index in [0.717, 1.165) is 4.68 Å². The van der Waals surface area contributed by atoms with Crippen LogP contribution in [0, 0.1) is 0 Å². The topological polar surface area (TPSA) is 39.3 Å². The fourth-order valence-electron chi connectivity index (χ4n) is 1.22. The van der Waals surface area contributed by atoms with E-state index in [1.54, 1.807) is 18.2 Å². The molecule has 6 heteroatoms. The summed E-state index contributed by atoms with van der Waals surface area (Å²) < 4.78 is 26.0. The smallest absolute Gasteiger partial charge is 0.250 e. The molecule has 0 aromatic carbocycles. The molecule has 0 saturated heterocycles. The molecule has 0 aliphatic rings. The number of fused-ring (bicyclic) bond motifs is 1. The number of rotatable bonds is 2. The number of aromatic nitrogens is 3. The zero-order valence-corrected chi connectivity index (χ0v) is 7.10. The lowest BCUT2D eigenvalue weighted by molar-refractivity contribution is 0.120. The van der Waals surface area contributed by atoms with Crippen molar-refractivity contribution in [1.82, 2.24) is 14.2 Å². The standard InChI is InChI=1S/C8H7F2N3O/c9-6(10)5-13-8(14)12-4-2-1-3-7(12)11-13/h1-4,6H,5H2. The van der Waals surface area contributed by atoms with Gasteiger partial charge in [0.15, 0.2) is 5.65 Å². The Hall–Kier alpha value is -1.72. The first kappa shape index (κ1) is 8.86. The molecule has 2 aromatic rings. The van der Waals surface area contributed by atoms with Gasteiger partial charge in [-0.15, -0.1) is 5.10 Å². The maximum atomic E-state index is 12.0. The molecule has 0 N–H and O–H groups in total. The van der Waals surface area contributed by atoms with Crippen molar-refractivity contribution in [3.8, 4) is 0 Å². The van der Waals surface area contributed by atoms with Crippen LogP contribution in [0.4, 0.5) is 8.78 Å². The lowest BCUT2D eigenvalue weighted by atomic mass is 10.5. The van der Waals surface area contributed by atoms with Crippen LogP contribution in [0.3, 0.4) is 0 Å². The van der Waals surface area contributed by atoms with Gasteiger partial charge >= 0.3 is 5.69 Å². The number of hydrogen-bond acceptors (Lipinski definition) is 2. The Labute approximate surface area is 77.4 Å². The van der Waals surface area contributed by atoms with E-state index in [9.17, 15) is 13.6 Å². The highest BCUT2D eigenvalue weighted by Crippen LogP contribution is 1.98. The molecule has 2 heterocycles. The summed E-state index contributed by atoms with van der Waals surface area (Å²) in [6.45, 7) is -0.666. The van der Waals surface area contributed by atoms with E-state index in [2.05, 4.69) is 5.10 Å². The molecule has 0 aliphatic carbocycles. The molecule has 0 unspecified atom stereocenters. The lowest BCUT2D eigenvalue weighted by Crippen LogP contribution is -2.23. The Morgan fingerprint density at radius 2 is 2.21 bits per heavy atom. The molecule has 0 spiro atoms. The van der Waals surface area contributed by atoms with Crippen molar-refractivity contribution in [1.29, 1.82) is 0 Å². The first-order valence-corrected chi connectivity index (χ1v) is 4.01. The van der Waals surface area contributed by atoms with E-state index >= 15 is 0 Å². The van der Waals surface area contributed by atoms with Crippen LogP contribution in [0.5, 0.6) is 0 Å². The minimum atomic E-state index is -2.57. The first-order chi connectivity index (χ1) is 6.68. The van der Waals surface area contributed by atoms with Gasteiger partial charge in [0.1, 0.15) is 6.54 Å². The largest absolute Gasteiger partial charge is 0.350 e. The van der Waals surface area contributed by atoms with Crippen molar-refractivity contribution in [2.45, 2.75) is 13.0 Å². The monoisotopic (exact) mass is 199 g/mol. The summed E-state index contributed by atoms with van der Waals surface area (Å²) in [5.74, 6) is 0. The molecule has 74 valence electrons. The van der Waals surface area contributed by atoms with Crippen LogP contribution >= 0.6 is 0 Å². The SMILES string of the molecule is O=c1n(CC(F)F)nc2ccccn12. The zero-order valence-electron chi connectivity index (χ0n) is 7.10. The summed E-state index contributed by atoms with van der Waals surface area (Å²) in [6, 6.07) is 4.92. The molecule has 0 radical (unpaired) electrons. The maximum Gasteiger partial charge on any atom is 0.350 e. The van der Waals surface area contributed by atoms with Gasteiger partial charge in [-0.2, -0.15) is 0 Å². The molecular formula is C8H7F2N3O. The Bertz CT molecular complexity index is 503. The third-order valence-electron chi connectivity index (χ3n) is 1.80. The summed E-state index contributed by atoms with van der Waals surface area (Å²) in [7, 11) is 0. The van der Waals surface area contributed by atoms with Crippen LogP contribution in [0.25, 0.3) is 5.65 Å². The second-order valence-electron chi connectivity index (χ2n) is 2.78. The molecule has 0 aliphatic heterocycles. The van der Waals surface area contributed by atoms with Gasteiger partial charge in [-0.3, -0.25) is 4.40 Å². The first-order valence-electron chi connectivity index (χ1n) is 4.01. The van der Waals surface area contributed by atoms with Gasteiger partial charge < -0.3 is 0 Å². The fourth-order valence-corrected chi connectivity index (χ4v) is 1.22. The molecule has 0 amide bonds. The fraction of sp³-hybridized carbons (Fsp3) is 0.250. The normalized spacial score (nSPS) is 11.4. The van der Waals surface area contributed by atoms with Gasteiger partial charge in [0.05, 0.1) is 0 Å². The maximum absolute atomic E-state index is 12.0. The minimum Gasteiger partial charge on any atom is -0.250 e. The second-order valence-corrected chi connectivity index (χ2v) is 2.78. The zero-order chi connectivity index (χ0) is 10.1. The van der Waals surface area contributed by atoms with E-state index in [1.165, 1.54) is 10.6 Å². The van der Waals surface area contributed by atoms with Gasteiger partial charge in [0.25, 0.3) is 6.43 Å². The van der Waals surface area contributed by atoms with Crippen LogP contribution in [0.2, 0.25) is 0 Å². The van der Waals surface area contributed by atoms with Crippen LogP contribution in [0.1, 0.15) is 0 Å². The van der Waals surface area contributed by atoms with Gasteiger partial charge in [-0.05, 0) is 12.1 Å². The third kappa shape index (κ3) is 1.39. The van der Waals surface area contributed by atoms with E-state index < -0.39 is 18.7 Å². The highest BCUT2D eigenvalue weighted by atomic mass is 19.3. The molecule has 0 bridgehead atoms. The number of hydrogen-bond donors (Lipinski definition) is 0. The van der Waals surface area contributed by atoms with E-state index in [-0.39, 0.29) is 0 Å². The average Bonchev–Trinajstić information content (AvgIpc) is 2.44. The highest BCUT2D eigenvalue weighted by molar-refractivity contribution is 5.35. The minimum absolute atomic E-state index is 0.373. The average molecular weight is 199 g/mol. The van der Waals surface area contributed by atoms with E-state index in [0.29, 0.717) is 5.65 Å². The number of nitrogens with zero attached hydrogens (tertiary/aromatic N) is 3. The van der Waals surface area contributed by atoms with Gasteiger partial charge in [-0.1, -0.05) is 6.07 Å². The van der Waals surface area contributed by atoms with Crippen molar-refractivity contribution in [3.63, 3.8) is 0 Å². The summed E-state index contributed by atoms with van der Waals surface area (Å²) in [6.07, 6.45) is -1.08. The van der Waals surface area contributed by atoms with Crippen LogP contribution in [-0.2, 0) is 6.54 Å². The molecular weight excluding hydrogens is 192 g/mol. The predicted molar refractivity (Wildman–Crippen MR) is 45.5 cm³/mol. The highest BCUT2D eigenvalue weighted by Gasteiger charge is 2.10. The van der Waals surface area contributed by atoms with Crippen LogP contribution in [-0.4, -0.2) is 20.6 Å². The Morgan fingerprint density at radius 1 is 1.43 bits per heavy atom. The van der Waals surface area contributed by atoms with Crippen molar-refractivity contribution in [2.24, 2.45) is 0 Å². The molecule has 0 saturated carbocycles. The molecule has 0 fully saturated rings. The van der Waals surface area contributed by atoms with Crippen molar-refractivity contribution in [3.05, 3.63) is 34.9 Å². The molecule has 2 aromatic heterocycles. The molecule has 2 rings (SSSR count). The Kier molecular flexibility index (Phi) is 2.03. The summed E-state index contributed by atoms with van der Waals surface area (Å²) in [5, 5.41) is 3.74. The number of alkyl halides is 2. The number of pyridine rings is 1. The van der Waals surface area contributed by atoms with Crippen LogP contribution < -0.4 is 5.69 Å². The quantitative estimate of drug-likeness (QED) is 0.716. The molecule has 14 heavy (non-hydrogen) atoms. The summed E-state index contributed by atoms with van der Waals surface area (Å²) in [4.78, 5) is 11.4. The summed E-state index contributed by atoms with van der Waals surface area (Å²) >= 11 is 0. The van der Waals surface area contributed by atoms with E-state index in [4.69, 9.17) is 0 Å². The van der Waals surface area contributed by atoms with Gasteiger partial charge in [0.2, 0.25) is 0 Å². The lowest BCUT2D eigenvalue weighted by Gasteiger charge is -1.94. The number of halogens is 2. The van der Waals surface area contributed by atoms with Crippen molar-refractivity contribution >= 4 is 5.65 Å². The summed E-state index contributed by atoms with van der Waals surface area (Å²) in [5.41, 5.74) is -0.168. The van der Waals surface area contributed by atoms with Crippen molar-refractivity contribution < 1.29 is 8.78 Å². The second kappa shape index (κ2) is 3.21. The van der Waals surface area contributed by atoms with E-state index in [1.807, 2.05) is 0 Å². The third-order valence-corrected chi connectivity index (χ3v) is 1.80.